The summed E-state index contributed by atoms with van der Waals surface area (Å²) in [4.78, 5) is 0. The molecule has 0 radical (unpaired) electrons. The fourth-order valence-electron chi connectivity index (χ4n) is 1.63. The van der Waals surface area contributed by atoms with Crippen LogP contribution >= 0.6 is 0 Å². The van der Waals surface area contributed by atoms with Gasteiger partial charge in [0.25, 0.3) is 0 Å². The highest BCUT2D eigenvalue weighted by Gasteiger charge is 2.11. The Labute approximate surface area is 108 Å². The second kappa shape index (κ2) is 7.67. The van der Waals surface area contributed by atoms with Crippen molar-refractivity contribution in [2.24, 2.45) is 0 Å². The van der Waals surface area contributed by atoms with E-state index in [1.165, 1.54) is 12.1 Å². The first kappa shape index (κ1) is 14.5. The Morgan fingerprint density at radius 3 is 2.89 bits per heavy atom. The minimum absolute atomic E-state index is 0.0369. The predicted molar refractivity (Wildman–Crippen MR) is 68.8 cm³/mol. The molecule has 0 heterocycles. The summed E-state index contributed by atoms with van der Waals surface area (Å²) in [5.41, 5.74) is 0.817. The zero-order valence-electron chi connectivity index (χ0n) is 10.9. The summed E-state index contributed by atoms with van der Waals surface area (Å²) in [6, 6.07) is 6.68. The summed E-state index contributed by atoms with van der Waals surface area (Å²) in [5.74, 6) is 0.444. The third kappa shape index (κ3) is 4.34. The molecule has 0 aliphatic rings. The zero-order valence-corrected chi connectivity index (χ0v) is 10.9. The summed E-state index contributed by atoms with van der Waals surface area (Å²) in [6.07, 6.45) is 2.21. The maximum absolute atomic E-state index is 13.2. The lowest BCUT2D eigenvalue weighted by molar-refractivity contribution is 0.301. The number of rotatable bonds is 7. The second-order valence-electron chi connectivity index (χ2n) is 4.16. The van der Waals surface area contributed by atoms with Crippen molar-refractivity contribution in [3.63, 3.8) is 0 Å². The normalized spacial score (nSPS) is 11.9. The fraction of sp³-hybridized carbons (Fsp3) is 0.500. The minimum atomic E-state index is -0.260. The quantitative estimate of drug-likeness (QED) is 0.756. The Balaban J connectivity index is 2.61. The maximum Gasteiger partial charge on any atom is 0.124 e. The highest BCUT2D eigenvalue weighted by atomic mass is 19.1. The third-order valence-electron chi connectivity index (χ3n) is 2.81. The number of hydrogen-bond acceptors (Lipinski definition) is 3. The molecule has 1 atom stereocenters. The van der Waals surface area contributed by atoms with E-state index in [1.807, 2.05) is 14.0 Å². The van der Waals surface area contributed by atoms with Gasteiger partial charge in [-0.15, -0.1) is 0 Å². The van der Waals surface area contributed by atoms with E-state index >= 15 is 0 Å². The molecule has 0 saturated carbocycles. The van der Waals surface area contributed by atoms with Gasteiger partial charge in [0.05, 0.1) is 12.7 Å². The Bertz CT molecular complexity index is 415. The molecule has 0 saturated heterocycles. The van der Waals surface area contributed by atoms with E-state index in [1.54, 1.807) is 6.07 Å². The lowest BCUT2D eigenvalue weighted by Crippen LogP contribution is -2.14. The Morgan fingerprint density at radius 1 is 1.44 bits per heavy atom. The minimum Gasteiger partial charge on any atom is -0.493 e. The van der Waals surface area contributed by atoms with Crippen LogP contribution in [-0.4, -0.2) is 13.7 Å². The molecule has 3 nitrogen and oxygen atoms in total. The van der Waals surface area contributed by atoms with Crippen molar-refractivity contribution in [1.82, 2.24) is 5.32 Å². The van der Waals surface area contributed by atoms with Gasteiger partial charge >= 0.3 is 0 Å². The first-order valence-electron chi connectivity index (χ1n) is 6.15. The van der Waals surface area contributed by atoms with Crippen LogP contribution in [0.25, 0.3) is 0 Å². The molecule has 0 spiro atoms. The molecule has 18 heavy (non-hydrogen) atoms. The summed E-state index contributed by atoms with van der Waals surface area (Å²) in [5, 5.41) is 11.5. The summed E-state index contributed by atoms with van der Waals surface area (Å²) < 4.78 is 18.9. The maximum atomic E-state index is 13.2. The number of benzene rings is 1. The van der Waals surface area contributed by atoms with Crippen molar-refractivity contribution < 1.29 is 9.13 Å². The Kier molecular flexibility index (Phi) is 6.16. The van der Waals surface area contributed by atoms with Crippen LogP contribution < -0.4 is 10.1 Å². The van der Waals surface area contributed by atoms with Gasteiger partial charge in [-0.25, -0.2) is 4.39 Å². The molecule has 1 aromatic carbocycles. The van der Waals surface area contributed by atoms with Gasteiger partial charge in [0, 0.05) is 18.0 Å². The smallest absolute Gasteiger partial charge is 0.124 e. The molecule has 1 rings (SSSR count). The van der Waals surface area contributed by atoms with Gasteiger partial charge in [0.2, 0.25) is 0 Å². The van der Waals surface area contributed by atoms with Crippen molar-refractivity contribution in [1.29, 1.82) is 5.26 Å². The van der Waals surface area contributed by atoms with Gasteiger partial charge in [-0.3, -0.25) is 0 Å². The molecule has 1 aromatic rings. The molecule has 0 aromatic heterocycles. The molecule has 1 unspecified atom stereocenters. The number of ether oxygens (including phenoxy) is 1. The first-order valence-corrected chi connectivity index (χ1v) is 6.15. The molecular formula is C14H19FN2O. The van der Waals surface area contributed by atoms with Crippen LogP contribution in [0.3, 0.4) is 0 Å². The van der Waals surface area contributed by atoms with Crippen molar-refractivity contribution in [3.8, 4) is 11.8 Å². The molecular weight excluding hydrogens is 231 g/mol. The van der Waals surface area contributed by atoms with Gasteiger partial charge in [-0.05, 0) is 45.0 Å². The van der Waals surface area contributed by atoms with E-state index in [4.69, 9.17) is 10.00 Å². The molecule has 4 heteroatoms. The number of nitriles is 1. The highest BCUT2D eigenvalue weighted by Crippen LogP contribution is 2.26. The topological polar surface area (TPSA) is 45.0 Å². The van der Waals surface area contributed by atoms with Crippen LogP contribution in [-0.2, 0) is 0 Å². The van der Waals surface area contributed by atoms with Crippen LogP contribution in [0, 0.1) is 17.1 Å². The van der Waals surface area contributed by atoms with E-state index in [-0.39, 0.29) is 11.9 Å². The fourth-order valence-corrected chi connectivity index (χ4v) is 1.63. The van der Waals surface area contributed by atoms with E-state index in [9.17, 15) is 4.39 Å². The van der Waals surface area contributed by atoms with Gasteiger partial charge in [0.1, 0.15) is 11.6 Å². The van der Waals surface area contributed by atoms with E-state index in [0.717, 1.165) is 18.4 Å². The van der Waals surface area contributed by atoms with E-state index < -0.39 is 0 Å². The lowest BCUT2D eigenvalue weighted by Gasteiger charge is -2.16. The monoisotopic (exact) mass is 250 g/mol. The first-order chi connectivity index (χ1) is 8.69. The SMILES string of the molecule is CNC(C)c1cc(F)ccc1OCCCCC#N. The van der Waals surface area contributed by atoms with Crippen molar-refractivity contribution in [2.45, 2.75) is 32.2 Å². The van der Waals surface area contributed by atoms with Crippen LogP contribution in [0.15, 0.2) is 18.2 Å². The Morgan fingerprint density at radius 2 is 2.22 bits per heavy atom. The standard InChI is InChI=1S/C14H19FN2O/c1-11(17-2)13-10-12(15)6-7-14(13)18-9-5-3-4-8-16/h6-7,10-11,17H,3-5,9H2,1-2H3. The number of nitrogens with zero attached hydrogens (tertiary/aromatic N) is 1. The zero-order chi connectivity index (χ0) is 13.4. The van der Waals surface area contributed by atoms with Crippen molar-refractivity contribution in [3.05, 3.63) is 29.6 Å². The average molecular weight is 250 g/mol. The van der Waals surface area contributed by atoms with Crippen molar-refractivity contribution >= 4 is 0 Å². The van der Waals surface area contributed by atoms with Crippen LogP contribution in [0.2, 0.25) is 0 Å². The predicted octanol–water partition coefficient (Wildman–Crippen LogP) is 3.18. The summed E-state index contributed by atoms with van der Waals surface area (Å²) >= 11 is 0. The third-order valence-corrected chi connectivity index (χ3v) is 2.81. The number of halogens is 1. The summed E-state index contributed by atoms with van der Waals surface area (Å²) in [6.45, 7) is 2.51. The van der Waals surface area contributed by atoms with Gasteiger partial charge < -0.3 is 10.1 Å². The number of hydrogen-bond donors (Lipinski definition) is 1. The van der Waals surface area contributed by atoms with Gasteiger partial charge in [-0.2, -0.15) is 5.26 Å². The van der Waals surface area contributed by atoms with Crippen LogP contribution in [0.4, 0.5) is 4.39 Å². The van der Waals surface area contributed by atoms with Gasteiger partial charge in [-0.1, -0.05) is 0 Å². The van der Waals surface area contributed by atoms with Crippen LogP contribution in [0.1, 0.15) is 37.8 Å². The van der Waals surface area contributed by atoms with E-state index in [0.29, 0.717) is 18.8 Å². The largest absolute Gasteiger partial charge is 0.493 e. The Hall–Kier alpha value is -1.60. The molecule has 0 aliphatic carbocycles. The number of nitrogens with one attached hydrogen (secondary N) is 1. The molecule has 0 amide bonds. The molecule has 1 N–H and O–H groups in total. The molecule has 98 valence electrons. The number of unbranched alkanes of at least 4 members (excludes halogenated alkanes) is 2. The molecule has 0 fully saturated rings. The van der Waals surface area contributed by atoms with Gasteiger partial charge in [0.15, 0.2) is 0 Å². The second-order valence-corrected chi connectivity index (χ2v) is 4.16. The average Bonchev–Trinajstić information content (AvgIpc) is 2.39. The van der Waals surface area contributed by atoms with E-state index in [2.05, 4.69) is 11.4 Å². The summed E-state index contributed by atoms with van der Waals surface area (Å²) in [7, 11) is 1.83. The lowest BCUT2D eigenvalue weighted by atomic mass is 10.1. The molecule has 0 aliphatic heterocycles. The molecule has 0 bridgehead atoms. The van der Waals surface area contributed by atoms with Crippen LogP contribution in [0.5, 0.6) is 5.75 Å². The van der Waals surface area contributed by atoms with Crippen molar-refractivity contribution in [2.75, 3.05) is 13.7 Å². The highest BCUT2D eigenvalue weighted by molar-refractivity contribution is 5.36.